The van der Waals surface area contributed by atoms with Crippen LogP contribution in [0.3, 0.4) is 0 Å². The van der Waals surface area contributed by atoms with Gasteiger partial charge in [-0.2, -0.15) is 0 Å². The van der Waals surface area contributed by atoms with E-state index in [4.69, 9.17) is 23.7 Å². The summed E-state index contributed by atoms with van der Waals surface area (Å²) in [5.74, 6) is -4.13. The quantitative estimate of drug-likeness (QED) is 0.125. The van der Waals surface area contributed by atoms with E-state index in [0.717, 1.165) is 0 Å². The summed E-state index contributed by atoms with van der Waals surface area (Å²) in [6.45, 7) is 31.0. The Morgan fingerprint density at radius 2 is 1.05 bits per heavy atom. The fourth-order valence-electron chi connectivity index (χ4n) is 8.83. The van der Waals surface area contributed by atoms with Crippen LogP contribution in [0.2, 0.25) is 0 Å². The average molecular weight is 805 g/mol. The predicted octanol–water partition coefficient (Wildman–Crippen LogP) is 5.07. The number of piperidine rings is 2. The van der Waals surface area contributed by atoms with Gasteiger partial charge in [-0.05, 0) is 78.1 Å². The first kappa shape index (κ1) is 47.6. The van der Waals surface area contributed by atoms with E-state index >= 15 is 0 Å². The van der Waals surface area contributed by atoms with Gasteiger partial charge in [0.05, 0.1) is 57.2 Å². The van der Waals surface area contributed by atoms with Gasteiger partial charge in [0, 0.05) is 24.9 Å². The second-order valence-electron chi connectivity index (χ2n) is 19.1. The number of amides is 2. The molecular formula is C43H68N2O12. The number of carbonyl (C=O) groups is 6. The molecule has 10 atom stereocenters. The van der Waals surface area contributed by atoms with E-state index in [9.17, 15) is 33.9 Å². The van der Waals surface area contributed by atoms with E-state index in [1.165, 1.54) is 12.0 Å². The summed E-state index contributed by atoms with van der Waals surface area (Å²) in [4.78, 5) is 78.9. The van der Waals surface area contributed by atoms with Gasteiger partial charge in [0.2, 0.25) is 11.8 Å². The molecule has 0 aromatic rings. The molecule has 0 aromatic heterocycles. The van der Waals surface area contributed by atoms with Crippen LogP contribution < -0.4 is 0 Å². The minimum atomic E-state index is -0.998. The van der Waals surface area contributed by atoms with Crippen molar-refractivity contribution < 1.29 is 57.6 Å². The molecule has 0 radical (unpaired) electrons. The van der Waals surface area contributed by atoms with Crippen LogP contribution in [-0.2, 0) is 52.5 Å². The van der Waals surface area contributed by atoms with E-state index in [1.54, 1.807) is 72.4 Å². The van der Waals surface area contributed by atoms with Gasteiger partial charge < -0.3 is 38.6 Å². The lowest BCUT2D eigenvalue weighted by Gasteiger charge is -2.34. The van der Waals surface area contributed by atoms with Crippen LogP contribution >= 0.6 is 0 Å². The fraction of sp³-hybridized carbons (Fsp3) is 0.767. The molecule has 4 fully saturated rings. The van der Waals surface area contributed by atoms with Crippen molar-refractivity contribution in [2.75, 3.05) is 33.4 Å². The van der Waals surface area contributed by atoms with E-state index in [2.05, 4.69) is 27.0 Å². The molecule has 14 heteroatoms. The second kappa shape index (κ2) is 18.0. The number of esters is 3. The van der Waals surface area contributed by atoms with Gasteiger partial charge in [-0.25, -0.2) is 9.59 Å². The van der Waals surface area contributed by atoms with Crippen LogP contribution in [0, 0.1) is 46.3 Å². The van der Waals surface area contributed by atoms with Gasteiger partial charge >= 0.3 is 23.9 Å². The highest BCUT2D eigenvalue weighted by Crippen LogP contribution is 2.66. The lowest BCUT2D eigenvalue weighted by Crippen LogP contribution is -2.50. The van der Waals surface area contributed by atoms with Gasteiger partial charge in [0.25, 0.3) is 0 Å². The molecule has 0 bridgehead atoms. The lowest BCUT2D eigenvalue weighted by atomic mass is 9.94. The van der Waals surface area contributed by atoms with Gasteiger partial charge in [-0.1, -0.05) is 39.8 Å². The Kier molecular flexibility index (Phi) is 15.0. The summed E-state index contributed by atoms with van der Waals surface area (Å²) in [6.07, 6.45) is 1.79. The van der Waals surface area contributed by atoms with Crippen molar-refractivity contribution in [3.63, 3.8) is 0 Å². The normalized spacial score (nSPS) is 27.2. The summed E-state index contributed by atoms with van der Waals surface area (Å²) >= 11 is 0. The molecule has 0 aromatic carbocycles. The number of likely N-dealkylation sites (tertiary alicyclic amines) is 2. The summed E-state index contributed by atoms with van der Waals surface area (Å²) in [5.41, 5.74) is -1.39. The first-order valence-electron chi connectivity index (χ1n) is 20.0. The largest absolute Gasteiger partial charge is 0.480 e. The highest BCUT2D eigenvalue weighted by atomic mass is 16.6. The van der Waals surface area contributed by atoms with Crippen LogP contribution in [0.25, 0.3) is 0 Å². The summed E-state index contributed by atoms with van der Waals surface area (Å²) in [7, 11) is 1.34. The summed E-state index contributed by atoms with van der Waals surface area (Å²) in [5, 5.41) is 9.73. The Hall–Kier alpha value is -3.78. The Bertz CT molecular complexity index is 1540. The van der Waals surface area contributed by atoms with E-state index in [1.807, 2.05) is 13.8 Å². The molecule has 2 saturated carbocycles. The first-order chi connectivity index (χ1) is 26.2. The molecule has 322 valence electrons. The van der Waals surface area contributed by atoms with Crippen molar-refractivity contribution in [1.82, 2.24) is 9.80 Å². The standard InChI is InChI=1S/C22H35NO6.C21H33NO6/c1-9-10-28-13(2)14(11-16(24)29-21(3,4)5)19(25)23-12-15-17(22(15,6)7)18(23)20(26)27-8;1-8-9-27-12(2)13(10-15(23)28-20(3,4)5)18(24)22-11-14-16(21(14,6)7)17(22)19(25)26/h9,13-15,17-18H,1,10-12H2,2-8H3;8,12-14,16-17H,1,9-11H2,2-7H3,(H,25,26)/t13-,14-,15-,17-,18-;12-,13-,14-,16-,17-/m00/s1. The molecule has 2 aliphatic carbocycles. The smallest absolute Gasteiger partial charge is 0.328 e. The summed E-state index contributed by atoms with van der Waals surface area (Å²) < 4.78 is 27.1. The van der Waals surface area contributed by atoms with Gasteiger partial charge in [0.15, 0.2) is 0 Å². The molecule has 0 unspecified atom stereocenters. The maximum absolute atomic E-state index is 13.5. The molecule has 1 N–H and O–H groups in total. The third-order valence-electron chi connectivity index (χ3n) is 12.0. The highest BCUT2D eigenvalue weighted by Gasteiger charge is 2.71. The van der Waals surface area contributed by atoms with Crippen molar-refractivity contribution in [2.24, 2.45) is 46.3 Å². The van der Waals surface area contributed by atoms with Crippen LogP contribution in [0.15, 0.2) is 25.3 Å². The number of ether oxygens (including phenoxy) is 5. The lowest BCUT2D eigenvalue weighted by molar-refractivity contribution is -0.163. The average Bonchev–Trinajstić information content (AvgIpc) is 3.56. The van der Waals surface area contributed by atoms with Crippen LogP contribution in [0.1, 0.15) is 95.9 Å². The van der Waals surface area contributed by atoms with Crippen molar-refractivity contribution in [1.29, 1.82) is 0 Å². The Morgan fingerprint density at radius 1 is 0.702 bits per heavy atom. The van der Waals surface area contributed by atoms with Crippen LogP contribution in [0.5, 0.6) is 0 Å². The monoisotopic (exact) mass is 804 g/mol. The SMILES string of the molecule is C=CCO[C@@H](C)[C@H](CC(=O)OC(C)(C)C)C(=O)N1C[C@H]2[C@@H]([C@H]1C(=O)O)C2(C)C.C=CCO[C@@H](C)[C@H](CC(=O)OC(C)(C)C)C(=O)N1C[C@H]2[C@@H]([C@H]1C(=O)OC)C2(C)C. The number of aliphatic carboxylic acids is 1. The molecule has 4 rings (SSSR count). The number of carboxylic acid groups (broad SMARTS) is 1. The van der Waals surface area contributed by atoms with Crippen molar-refractivity contribution >= 4 is 35.7 Å². The van der Waals surface area contributed by atoms with Gasteiger partial charge in [-0.15, -0.1) is 13.2 Å². The number of carboxylic acids is 1. The summed E-state index contributed by atoms with van der Waals surface area (Å²) in [6, 6.07) is -1.49. The Labute approximate surface area is 339 Å². The predicted molar refractivity (Wildman–Crippen MR) is 211 cm³/mol. The molecule has 2 amide bonds. The van der Waals surface area contributed by atoms with E-state index in [0.29, 0.717) is 13.1 Å². The highest BCUT2D eigenvalue weighted by molar-refractivity contribution is 5.91. The van der Waals surface area contributed by atoms with E-state index in [-0.39, 0.29) is 72.4 Å². The molecule has 57 heavy (non-hydrogen) atoms. The van der Waals surface area contributed by atoms with Gasteiger partial charge in [0.1, 0.15) is 23.3 Å². The first-order valence-corrected chi connectivity index (χ1v) is 20.0. The Morgan fingerprint density at radius 3 is 1.37 bits per heavy atom. The Balaban J connectivity index is 0.000000306. The number of hydrogen-bond donors (Lipinski definition) is 1. The fourth-order valence-corrected chi connectivity index (χ4v) is 8.83. The minimum absolute atomic E-state index is 0.00124. The number of carbonyl (C=O) groups excluding carboxylic acids is 5. The third kappa shape index (κ3) is 11.2. The number of fused-ring (bicyclic) bond motifs is 2. The topological polar surface area (TPSA) is 175 Å². The zero-order valence-corrected chi connectivity index (χ0v) is 36.4. The molecule has 2 aliphatic heterocycles. The third-order valence-corrected chi connectivity index (χ3v) is 12.0. The zero-order valence-electron chi connectivity index (χ0n) is 36.4. The van der Waals surface area contributed by atoms with Gasteiger partial charge in [-0.3, -0.25) is 19.2 Å². The molecule has 2 saturated heterocycles. The number of methoxy groups -OCH3 is 1. The second-order valence-corrected chi connectivity index (χ2v) is 19.1. The minimum Gasteiger partial charge on any atom is -0.480 e. The maximum atomic E-state index is 13.5. The number of nitrogens with zero attached hydrogens (tertiary/aromatic N) is 2. The van der Waals surface area contributed by atoms with Crippen molar-refractivity contribution in [2.45, 2.75) is 131 Å². The molecule has 0 spiro atoms. The maximum Gasteiger partial charge on any atom is 0.328 e. The number of rotatable bonds is 16. The van der Waals surface area contributed by atoms with E-state index < -0.39 is 71.2 Å². The van der Waals surface area contributed by atoms with Crippen LogP contribution in [-0.4, -0.2) is 120 Å². The molecule has 14 nitrogen and oxygen atoms in total. The van der Waals surface area contributed by atoms with Crippen LogP contribution in [0.4, 0.5) is 0 Å². The number of hydrogen-bond acceptors (Lipinski definition) is 11. The molecule has 4 aliphatic rings. The van der Waals surface area contributed by atoms with Crippen molar-refractivity contribution in [3.8, 4) is 0 Å². The van der Waals surface area contributed by atoms with Crippen molar-refractivity contribution in [3.05, 3.63) is 25.3 Å². The molecular weight excluding hydrogens is 736 g/mol. The zero-order chi connectivity index (χ0) is 43.6. The molecule has 2 heterocycles.